The second-order valence-electron chi connectivity index (χ2n) is 5.99. The van der Waals surface area contributed by atoms with Crippen LogP contribution < -0.4 is 10.2 Å². The zero-order valence-electron chi connectivity index (χ0n) is 14.1. The molecule has 1 aromatic heterocycles. The van der Waals surface area contributed by atoms with Crippen LogP contribution in [0.1, 0.15) is 11.3 Å². The third-order valence-electron chi connectivity index (χ3n) is 4.08. The third kappa shape index (κ3) is 4.04. The van der Waals surface area contributed by atoms with Gasteiger partial charge in [-0.3, -0.25) is 4.79 Å². The van der Waals surface area contributed by atoms with Crippen molar-refractivity contribution in [3.05, 3.63) is 41.6 Å². The summed E-state index contributed by atoms with van der Waals surface area (Å²) in [6.45, 7) is 4.01. The van der Waals surface area contributed by atoms with Gasteiger partial charge in [-0.05, 0) is 19.1 Å². The number of hydrogen-bond donors (Lipinski definition) is 1. The summed E-state index contributed by atoms with van der Waals surface area (Å²) >= 11 is 0. The minimum atomic E-state index is -4.46. The molecule has 1 amide bonds. The number of nitrogens with zero attached hydrogens (tertiary/aromatic N) is 4. The number of amides is 1. The van der Waals surface area contributed by atoms with E-state index in [1.807, 2.05) is 4.90 Å². The van der Waals surface area contributed by atoms with Crippen molar-refractivity contribution in [1.29, 1.82) is 0 Å². The van der Waals surface area contributed by atoms with E-state index in [0.717, 1.165) is 12.5 Å². The van der Waals surface area contributed by atoms with Crippen LogP contribution in [0, 0.1) is 6.92 Å². The Hall–Kier alpha value is -2.84. The number of carbonyl (C=O) groups is 1. The molecule has 1 aromatic carbocycles. The summed E-state index contributed by atoms with van der Waals surface area (Å²) in [7, 11) is 0. The first-order valence-electron chi connectivity index (χ1n) is 8.10. The van der Waals surface area contributed by atoms with Gasteiger partial charge in [0.15, 0.2) is 0 Å². The van der Waals surface area contributed by atoms with Gasteiger partial charge in [0.25, 0.3) is 0 Å². The molecule has 1 saturated heterocycles. The van der Waals surface area contributed by atoms with Crippen molar-refractivity contribution in [2.24, 2.45) is 0 Å². The quantitative estimate of drug-likeness (QED) is 0.845. The van der Waals surface area contributed by atoms with E-state index in [1.165, 1.54) is 18.2 Å². The summed E-state index contributed by atoms with van der Waals surface area (Å²) in [4.78, 5) is 23.1. The second-order valence-corrected chi connectivity index (χ2v) is 5.99. The van der Waals surface area contributed by atoms with Crippen LogP contribution in [0.25, 0.3) is 0 Å². The Bertz CT molecular complexity index is 788. The van der Waals surface area contributed by atoms with E-state index < -0.39 is 11.7 Å². The van der Waals surface area contributed by atoms with E-state index in [-0.39, 0.29) is 5.69 Å². The molecule has 0 atom stereocenters. The molecule has 1 aliphatic rings. The normalized spacial score (nSPS) is 15.1. The minimum absolute atomic E-state index is 0.0603. The van der Waals surface area contributed by atoms with Crippen LogP contribution in [0.15, 0.2) is 30.3 Å². The van der Waals surface area contributed by atoms with Crippen LogP contribution in [0.5, 0.6) is 0 Å². The first kappa shape index (κ1) is 18.0. The van der Waals surface area contributed by atoms with Gasteiger partial charge < -0.3 is 15.1 Å². The molecule has 26 heavy (non-hydrogen) atoms. The monoisotopic (exact) mass is 365 g/mol. The molecule has 1 N–H and O–H groups in total. The number of hydrogen-bond acceptors (Lipinski definition) is 5. The van der Waals surface area contributed by atoms with Gasteiger partial charge in [-0.25, -0.2) is 4.98 Å². The van der Waals surface area contributed by atoms with Crippen molar-refractivity contribution >= 4 is 23.9 Å². The molecule has 3 rings (SSSR count). The molecule has 2 aromatic rings. The number of rotatable bonds is 4. The Morgan fingerprint density at radius 2 is 1.81 bits per heavy atom. The lowest BCUT2D eigenvalue weighted by Crippen LogP contribution is -2.46. The van der Waals surface area contributed by atoms with Gasteiger partial charge in [0.2, 0.25) is 12.4 Å². The zero-order valence-corrected chi connectivity index (χ0v) is 14.1. The largest absolute Gasteiger partial charge is 0.418 e. The van der Waals surface area contributed by atoms with E-state index in [4.69, 9.17) is 0 Å². The lowest BCUT2D eigenvalue weighted by atomic mass is 10.1. The van der Waals surface area contributed by atoms with Gasteiger partial charge >= 0.3 is 6.18 Å². The molecule has 6 nitrogen and oxygen atoms in total. The highest BCUT2D eigenvalue weighted by molar-refractivity contribution is 5.62. The third-order valence-corrected chi connectivity index (χ3v) is 4.08. The summed E-state index contributed by atoms with van der Waals surface area (Å²) in [6, 6.07) is 6.86. The van der Waals surface area contributed by atoms with Crippen molar-refractivity contribution in [3.8, 4) is 0 Å². The van der Waals surface area contributed by atoms with E-state index >= 15 is 0 Å². The molecule has 0 spiro atoms. The molecule has 1 fully saturated rings. The summed E-state index contributed by atoms with van der Waals surface area (Å²) in [5.74, 6) is 0.726. The van der Waals surface area contributed by atoms with E-state index in [0.29, 0.717) is 43.6 Å². The second kappa shape index (κ2) is 7.19. The van der Waals surface area contributed by atoms with Crippen molar-refractivity contribution in [3.63, 3.8) is 0 Å². The molecule has 9 heteroatoms. The SMILES string of the molecule is Cc1cc(Nc2ccccc2C(F)(F)F)nc(N2CCN(C=O)CC2)n1. The standard InChI is InChI=1S/C17H18F3N5O/c1-12-10-15(22-14-5-3-2-4-13(14)17(18,19)20)23-16(21-12)25-8-6-24(11-26)7-9-25/h2-5,10-11H,6-9H2,1H3,(H,21,22,23). The minimum Gasteiger partial charge on any atom is -0.342 e. The average Bonchev–Trinajstić information content (AvgIpc) is 2.61. The lowest BCUT2D eigenvalue weighted by molar-refractivity contribution is -0.136. The molecule has 0 aliphatic carbocycles. The summed E-state index contributed by atoms with van der Waals surface area (Å²) < 4.78 is 39.5. The van der Waals surface area contributed by atoms with Gasteiger partial charge in [-0.1, -0.05) is 12.1 Å². The molecule has 0 radical (unpaired) electrons. The molecule has 1 aliphatic heterocycles. The fraction of sp³-hybridized carbons (Fsp3) is 0.353. The average molecular weight is 365 g/mol. The number of halogens is 3. The van der Waals surface area contributed by atoms with Crippen LogP contribution in [-0.4, -0.2) is 47.5 Å². The summed E-state index contributed by atoms with van der Waals surface area (Å²) in [5.41, 5.74) is -0.174. The Kier molecular flexibility index (Phi) is 4.97. The van der Waals surface area contributed by atoms with Gasteiger partial charge in [0, 0.05) is 37.9 Å². The summed E-state index contributed by atoms with van der Waals surface area (Å²) in [5, 5.41) is 2.75. The molecular formula is C17H18F3N5O. The molecular weight excluding hydrogens is 347 g/mol. The highest BCUT2D eigenvalue weighted by Gasteiger charge is 2.33. The number of piperazine rings is 1. The van der Waals surface area contributed by atoms with Crippen LogP contribution in [0.2, 0.25) is 0 Å². The molecule has 138 valence electrons. The van der Waals surface area contributed by atoms with Gasteiger partial charge in [-0.15, -0.1) is 0 Å². The Morgan fingerprint density at radius 1 is 1.12 bits per heavy atom. The maximum absolute atomic E-state index is 13.2. The van der Waals surface area contributed by atoms with Crippen LogP contribution >= 0.6 is 0 Å². The topological polar surface area (TPSA) is 61.4 Å². The number of carbonyl (C=O) groups excluding carboxylic acids is 1. The first-order valence-corrected chi connectivity index (χ1v) is 8.10. The maximum Gasteiger partial charge on any atom is 0.418 e. The Morgan fingerprint density at radius 3 is 2.46 bits per heavy atom. The predicted octanol–water partition coefficient (Wildman–Crippen LogP) is 2.83. The van der Waals surface area contributed by atoms with Crippen LogP contribution in [-0.2, 0) is 11.0 Å². The lowest BCUT2D eigenvalue weighted by Gasteiger charge is -2.32. The highest BCUT2D eigenvalue weighted by atomic mass is 19.4. The Labute approximate surface area is 148 Å². The van der Waals surface area contributed by atoms with Crippen LogP contribution in [0.4, 0.5) is 30.6 Å². The number of alkyl halides is 3. The van der Waals surface area contributed by atoms with Crippen molar-refractivity contribution < 1.29 is 18.0 Å². The first-order chi connectivity index (χ1) is 12.4. The van der Waals surface area contributed by atoms with Crippen molar-refractivity contribution in [2.45, 2.75) is 13.1 Å². The Balaban J connectivity index is 1.84. The van der Waals surface area contributed by atoms with E-state index in [9.17, 15) is 18.0 Å². The predicted molar refractivity (Wildman–Crippen MR) is 91.3 cm³/mol. The summed E-state index contributed by atoms with van der Waals surface area (Å²) in [6.07, 6.45) is -3.66. The van der Waals surface area contributed by atoms with Gasteiger partial charge in [-0.2, -0.15) is 18.2 Å². The number of benzene rings is 1. The zero-order chi connectivity index (χ0) is 18.7. The number of para-hydroxylation sites is 1. The van der Waals surface area contributed by atoms with Crippen LogP contribution in [0.3, 0.4) is 0 Å². The van der Waals surface area contributed by atoms with Gasteiger partial charge in [0.05, 0.1) is 11.3 Å². The number of anilines is 3. The van der Waals surface area contributed by atoms with Gasteiger partial charge in [0.1, 0.15) is 5.82 Å². The molecule has 0 bridgehead atoms. The van der Waals surface area contributed by atoms with E-state index in [1.54, 1.807) is 17.9 Å². The van der Waals surface area contributed by atoms with E-state index in [2.05, 4.69) is 15.3 Å². The number of aryl methyl sites for hydroxylation is 1. The van der Waals surface area contributed by atoms with Crippen molar-refractivity contribution in [2.75, 3.05) is 36.4 Å². The van der Waals surface area contributed by atoms with Crippen molar-refractivity contribution in [1.82, 2.24) is 14.9 Å². The molecule has 0 unspecified atom stereocenters. The number of aromatic nitrogens is 2. The highest BCUT2D eigenvalue weighted by Crippen LogP contribution is 2.35. The molecule has 2 heterocycles. The smallest absolute Gasteiger partial charge is 0.342 e. The fourth-order valence-electron chi connectivity index (χ4n) is 2.76. The maximum atomic E-state index is 13.2. The number of nitrogens with one attached hydrogen (secondary N) is 1. The molecule has 0 saturated carbocycles. The fourth-order valence-corrected chi connectivity index (χ4v) is 2.76.